The van der Waals surface area contributed by atoms with E-state index < -0.39 is 5.97 Å². The van der Waals surface area contributed by atoms with E-state index in [-0.39, 0.29) is 35.3 Å². The Balaban J connectivity index is 1.86. The molecule has 0 aromatic carbocycles. The molecule has 2 aliphatic carbocycles. The smallest absolute Gasteiger partial charge is 0.303 e. The van der Waals surface area contributed by atoms with Crippen molar-refractivity contribution in [1.82, 2.24) is 0 Å². The quantitative estimate of drug-likeness (QED) is 0.294. The third-order valence-electron chi connectivity index (χ3n) is 6.50. The summed E-state index contributed by atoms with van der Waals surface area (Å²) in [6.07, 6.45) is 15.9. The number of alkyl halides is 1. The lowest BCUT2D eigenvalue weighted by molar-refractivity contribution is -0.137. The number of hydrogen-bond donors (Lipinski definition) is 2. The molecule has 0 heterocycles. The summed E-state index contributed by atoms with van der Waals surface area (Å²) < 4.78 is 5.67. The van der Waals surface area contributed by atoms with Crippen molar-refractivity contribution in [3.8, 4) is 0 Å². The molecule has 0 amide bonds. The van der Waals surface area contributed by atoms with Gasteiger partial charge in [-0.05, 0) is 56.3 Å². The topological polar surface area (TPSA) is 66.8 Å². The summed E-state index contributed by atoms with van der Waals surface area (Å²) in [6, 6.07) is 0. The Morgan fingerprint density at radius 2 is 2.07 bits per heavy atom. The van der Waals surface area contributed by atoms with Crippen LogP contribution >= 0.6 is 11.6 Å². The maximum atomic E-state index is 10.5. The zero-order chi connectivity index (χ0) is 19.9. The van der Waals surface area contributed by atoms with E-state index in [1.54, 1.807) is 7.11 Å². The fraction of sp³-hybridized carbons (Fsp3) is 0.773. The molecule has 0 aliphatic heterocycles. The van der Waals surface area contributed by atoms with E-state index in [4.69, 9.17) is 21.4 Å². The Kier molecular flexibility index (Phi) is 8.84. The number of aliphatic hydroxyl groups excluding tert-OH is 1. The molecular formula is C22H35ClO4. The number of methoxy groups -OCH3 is 1. The van der Waals surface area contributed by atoms with Gasteiger partial charge in [0.15, 0.2) is 0 Å². The molecule has 2 N–H and O–H groups in total. The van der Waals surface area contributed by atoms with Crippen molar-refractivity contribution < 1.29 is 19.7 Å². The van der Waals surface area contributed by atoms with Crippen molar-refractivity contribution in [1.29, 1.82) is 0 Å². The second-order valence-electron chi connectivity index (χ2n) is 8.45. The normalized spacial score (nSPS) is 31.4. The number of unbranched alkanes of at least 4 members (excludes halogenated alkanes) is 1. The summed E-state index contributed by atoms with van der Waals surface area (Å²) in [7, 11) is 1.74. The number of hydrogen-bond acceptors (Lipinski definition) is 3. The standard InChI is InChI=1S/C22H35ClO4/c1-22(13-8-14-22)20(24)11-7-10-17-16(18(23)15-19(17)27-2)9-5-3-4-6-12-21(25)26/h3,5,7,10,16-20,24H,4,6,8-9,11-15H2,1-2H3,(H,25,26)/b5-3-,10-7+/t16-,17-,18?,19?,20?/m1/s1. The minimum atomic E-state index is -0.744. The van der Waals surface area contributed by atoms with Gasteiger partial charge in [0.2, 0.25) is 0 Å². The maximum absolute atomic E-state index is 10.5. The molecule has 2 fully saturated rings. The second kappa shape index (κ2) is 10.6. The maximum Gasteiger partial charge on any atom is 0.303 e. The van der Waals surface area contributed by atoms with Gasteiger partial charge in [0, 0.05) is 24.8 Å². The number of carbonyl (C=O) groups is 1. The highest BCUT2D eigenvalue weighted by atomic mass is 35.5. The third kappa shape index (κ3) is 6.33. The number of carboxylic acid groups (broad SMARTS) is 1. The van der Waals surface area contributed by atoms with Gasteiger partial charge in [-0.15, -0.1) is 11.6 Å². The van der Waals surface area contributed by atoms with Gasteiger partial charge in [-0.1, -0.05) is 37.6 Å². The SMILES string of the molecule is COC1CC(Cl)[C@H](C/C=C\CCCC(=O)O)[C@H]1/C=C/CC(O)C1(C)CCC1. The number of halogens is 1. The van der Waals surface area contributed by atoms with Crippen molar-refractivity contribution in [2.24, 2.45) is 17.3 Å². The molecule has 2 rings (SSSR count). The van der Waals surface area contributed by atoms with Gasteiger partial charge < -0.3 is 14.9 Å². The lowest BCUT2D eigenvalue weighted by Crippen LogP contribution is -2.38. The van der Waals surface area contributed by atoms with E-state index in [1.807, 2.05) is 0 Å². The van der Waals surface area contributed by atoms with Crippen LogP contribution in [0.3, 0.4) is 0 Å². The highest BCUT2D eigenvalue weighted by Gasteiger charge is 2.41. The van der Waals surface area contributed by atoms with Gasteiger partial charge >= 0.3 is 5.97 Å². The molecule has 0 aromatic heterocycles. The van der Waals surface area contributed by atoms with Crippen LogP contribution in [0.4, 0.5) is 0 Å². The van der Waals surface area contributed by atoms with Crippen molar-refractivity contribution in [2.45, 2.75) is 82.3 Å². The first-order valence-corrected chi connectivity index (χ1v) is 10.7. The van der Waals surface area contributed by atoms with Gasteiger partial charge in [-0.25, -0.2) is 0 Å². The molecule has 5 atom stereocenters. The summed E-state index contributed by atoms with van der Waals surface area (Å²) in [5, 5.41) is 19.2. The average Bonchev–Trinajstić information content (AvgIpc) is 2.90. The number of carboxylic acids is 1. The first-order chi connectivity index (χ1) is 12.9. The van der Waals surface area contributed by atoms with E-state index in [2.05, 4.69) is 31.2 Å². The van der Waals surface area contributed by atoms with Crippen molar-refractivity contribution in [3.05, 3.63) is 24.3 Å². The molecular weight excluding hydrogens is 364 g/mol. The fourth-order valence-electron chi connectivity index (χ4n) is 4.35. The van der Waals surface area contributed by atoms with Gasteiger partial charge in [0.05, 0.1) is 12.2 Å². The minimum Gasteiger partial charge on any atom is -0.481 e. The summed E-state index contributed by atoms with van der Waals surface area (Å²) in [5.41, 5.74) is 0.0911. The Morgan fingerprint density at radius 1 is 1.33 bits per heavy atom. The van der Waals surface area contributed by atoms with Crippen LogP contribution in [0.25, 0.3) is 0 Å². The van der Waals surface area contributed by atoms with Gasteiger partial charge in [-0.3, -0.25) is 4.79 Å². The highest BCUT2D eigenvalue weighted by Crippen LogP contribution is 2.45. The first kappa shape index (κ1) is 22.4. The molecule has 0 radical (unpaired) electrons. The molecule has 2 aliphatic rings. The van der Waals surface area contributed by atoms with Crippen LogP contribution in [-0.4, -0.2) is 40.9 Å². The van der Waals surface area contributed by atoms with Crippen LogP contribution in [-0.2, 0) is 9.53 Å². The van der Waals surface area contributed by atoms with E-state index >= 15 is 0 Å². The summed E-state index contributed by atoms with van der Waals surface area (Å²) in [6.45, 7) is 2.18. The summed E-state index contributed by atoms with van der Waals surface area (Å²) in [5.74, 6) is -0.186. The molecule has 154 valence electrons. The van der Waals surface area contributed by atoms with Crippen LogP contribution < -0.4 is 0 Å². The molecule has 4 nitrogen and oxygen atoms in total. The zero-order valence-electron chi connectivity index (χ0n) is 16.6. The van der Waals surface area contributed by atoms with Gasteiger partial charge in [0.25, 0.3) is 0 Å². The molecule has 2 saturated carbocycles. The van der Waals surface area contributed by atoms with Crippen LogP contribution in [0.15, 0.2) is 24.3 Å². The van der Waals surface area contributed by atoms with Crippen LogP contribution in [0.2, 0.25) is 0 Å². The molecule has 0 bridgehead atoms. The minimum absolute atomic E-state index is 0.0716. The Labute approximate surface area is 168 Å². The number of aliphatic hydroxyl groups is 1. The van der Waals surface area contributed by atoms with Crippen LogP contribution in [0, 0.1) is 17.3 Å². The summed E-state index contributed by atoms with van der Waals surface area (Å²) >= 11 is 6.60. The molecule has 27 heavy (non-hydrogen) atoms. The lowest BCUT2D eigenvalue weighted by atomic mass is 9.66. The monoisotopic (exact) mass is 398 g/mol. The predicted molar refractivity (Wildman–Crippen MR) is 109 cm³/mol. The molecule has 3 unspecified atom stereocenters. The number of aliphatic carboxylic acids is 1. The van der Waals surface area contributed by atoms with Crippen LogP contribution in [0.5, 0.6) is 0 Å². The molecule has 0 saturated heterocycles. The van der Waals surface area contributed by atoms with Gasteiger partial charge in [0.1, 0.15) is 0 Å². The number of allylic oxidation sites excluding steroid dienone is 2. The van der Waals surface area contributed by atoms with Crippen LogP contribution in [0.1, 0.15) is 64.7 Å². The molecule has 0 aromatic rings. The van der Waals surface area contributed by atoms with E-state index in [1.165, 1.54) is 6.42 Å². The molecule has 5 heteroatoms. The largest absolute Gasteiger partial charge is 0.481 e. The Morgan fingerprint density at radius 3 is 2.67 bits per heavy atom. The van der Waals surface area contributed by atoms with Gasteiger partial charge in [-0.2, -0.15) is 0 Å². The zero-order valence-corrected chi connectivity index (χ0v) is 17.4. The predicted octanol–water partition coefficient (Wildman–Crippen LogP) is 4.94. The van der Waals surface area contributed by atoms with E-state index in [9.17, 15) is 9.90 Å². The average molecular weight is 399 g/mol. The Bertz CT molecular complexity index is 526. The summed E-state index contributed by atoms with van der Waals surface area (Å²) in [4.78, 5) is 10.5. The third-order valence-corrected chi connectivity index (χ3v) is 7.00. The highest BCUT2D eigenvalue weighted by molar-refractivity contribution is 6.21. The van der Waals surface area contributed by atoms with Crippen molar-refractivity contribution in [3.63, 3.8) is 0 Å². The Hall–Kier alpha value is -0.840. The lowest BCUT2D eigenvalue weighted by Gasteiger charge is -2.42. The van der Waals surface area contributed by atoms with E-state index in [0.29, 0.717) is 18.8 Å². The second-order valence-corrected chi connectivity index (χ2v) is 9.01. The number of ether oxygens (including phenoxy) is 1. The molecule has 0 spiro atoms. The van der Waals surface area contributed by atoms with Crippen molar-refractivity contribution >= 4 is 17.6 Å². The van der Waals surface area contributed by atoms with E-state index in [0.717, 1.165) is 32.1 Å². The fourth-order valence-corrected chi connectivity index (χ4v) is 4.80. The van der Waals surface area contributed by atoms with Crippen molar-refractivity contribution in [2.75, 3.05) is 7.11 Å². The first-order valence-electron chi connectivity index (χ1n) is 10.3. The number of rotatable bonds is 11.